The van der Waals surface area contributed by atoms with Crippen molar-refractivity contribution in [3.8, 4) is 5.75 Å². The molecule has 0 bridgehead atoms. The average Bonchev–Trinajstić information content (AvgIpc) is 2.60. The second kappa shape index (κ2) is 6.70. The largest absolute Gasteiger partial charge is 0.493 e. The molecular formula is C16H21NO6S. The summed E-state index contributed by atoms with van der Waals surface area (Å²) in [6.07, 6.45) is 2.22. The van der Waals surface area contributed by atoms with Crippen LogP contribution in [0.3, 0.4) is 0 Å². The predicted octanol–water partition coefficient (Wildman–Crippen LogP) is 1.17. The van der Waals surface area contributed by atoms with E-state index in [1.54, 1.807) is 12.1 Å². The Bertz CT molecular complexity index is 724. The number of carboxylic acids is 1. The first kappa shape index (κ1) is 17.2. The normalized spacial score (nSPS) is 20.0. The zero-order valence-corrected chi connectivity index (χ0v) is 14.1. The van der Waals surface area contributed by atoms with Crippen LogP contribution in [0, 0.1) is 5.41 Å². The molecule has 24 heavy (non-hydrogen) atoms. The Morgan fingerprint density at radius 1 is 1.25 bits per heavy atom. The van der Waals surface area contributed by atoms with E-state index >= 15 is 0 Å². The highest BCUT2D eigenvalue weighted by molar-refractivity contribution is 7.89. The van der Waals surface area contributed by atoms with Crippen molar-refractivity contribution in [2.24, 2.45) is 5.41 Å². The molecule has 0 amide bonds. The topological polar surface area (TPSA) is 102 Å². The lowest BCUT2D eigenvalue weighted by Gasteiger charge is -2.33. The number of aryl methyl sites for hydroxylation is 1. The van der Waals surface area contributed by atoms with E-state index in [9.17, 15) is 18.3 Å². The van der Waals surface area contributed by atoms with E-state index in [-0.39, 0.29) is 11.4 Å². The van der Waals surface area contributed by atoms with Crippen LogP contribution in [-0.2, 0) is 26.0 Å². The highest BCUT2D eigenvalue weighted by Gasteiger charge is 2.41. The summed E-state index contributed by atoms with van der Waals surface area (Å²) >= 11 is 0. The third-order valence-electron chi connectivity index (χ3n) is 4.69. The molecule has 0 radical (unpaired) electrons. The first-order valence-electron chi connectivity index (χ1n) is 8.00. The summed E-state index contributed by atoms with van der Waals surface area (Å²) in [4.78, 5) is 11.8. The molecule has 2 heterocycles. The molecule has 0 saturated carbocycles. The van der Waals surface area contributed by atoms with E-state index < -0.39 is 21.4 Å². The Balaban J connectivity index is 1.77. The molecular weight excluding hydrogens is 334 g/mol. The maximum atomic E-state index is 12.5. The second-order valence-corrected chi connectivity index (χ2v) is 8.01. The molecule has 2 aliphatic heterocycles. The van der Waals surface area contributed by atoms with Gasteiger partial charge in [0.2, 0.25) is 10.0 Å². The number of benzene rings is 1. The fourth-order valence-electron chi connectivity index (χ4n) is 3.05. The lowest BCUT2D eigenvalue weighted by molar-refractivity contribution is -0.154. The SMILES string of the molecule is O=C(O)C1(CNS(=O)(=O)c2ccc3c(c2)CCCO3)CCOCC1. The Labute approximate surface area is 141 Å². The van der Waals surface area contributed by atoms with Gasteiger partial charge in [0.15, 0.2) is 0 Å². The molecule has 0 aliphatic carbocycles. The summed E-state index contributed by atoms with van der Waals surface area (Å²) in [5, 5.41) is 9.51. The van der Waals surface area contributed by atoms with Crippen LogP contribution in [0.1, 0.15) is 24.8 Å². The van der Waals surface area contributed by atoms with Crippen LogP contribution in [-0.4, -0.2) is 45.9 Å². The van der Waals surface area contributed by atoms with E-state index in [1.807, 2.05) is 0 Å². The first-order chi connectivity index (χ1) is 11.4. The van der Waals surface area contributed by atoms with Crippen LogP contribution in [0.5, 0.6) is 5.75 Å². The molecule has 1 saturated heterocycles. The van der Waals surface area contributed by atoms with Crippen molar-refractivity contribution in [1.29, 1.82) is 0 Å². The Morgan fingerprint density at radius 3 is 2.71 bits per heavy atom. The monoisotopic (exact) mass is 355 g/mol. The van der Waals surface area contributed by atoms with Crippen molar-refractivity contribution in [2.45, 2.75) is 30.6 Å². The minimum Gasteiger partial charge on any atom is -0.493 e. The van der Waals surface area contributed by atoms with Gasteiger partial charge in [-0.05, 0) is 49.4 Å². The summed E-state index contributed by atoms with van der Waals surface area (Å²) in [7, 11) is -3.77. The lowest BCUT2D eigenvalue weighted by atomic mass is 9.80. The third-order valence-corrected chi connectivity index (χ3v) is 6.09. The fraction of sp³-hybridized carbons (Fsp3) is 0.562. The van der Waals surface area contributed by atoms with Crippen LogP contribution in [0.25, 0.3) is 0 Å². The summed E-state index contributed by atoms with van der Waals surface area (Å²) in [5.41, 5.74) is -0.244. The van der Waals surface area contributed by atoms with Crippen LogP contribution >= 0.6 is 0 Å². The van der Waals surface area contributed by atoms with Gasteiger partial charge in [0.25, 0.3) is 0 Å². The maximum Gasteiger partial charge on any atom is 0.311 e. The molecule has 2 N–H and O–H groups in total. The average molecular weight is 355 g/mol. The quantitative estimate of drug-likeness (QED) is 0.822. The Kier molecular flexibility index (Phi) is 4.80. The number of carbonyl (C=O) groups is 1. The second-order valence-electron chi connectivity index (χ2n) is 6.24. The van der Waals surface area contributed by atoms with Gasteiger partial charge in [-0.3, -0.25) is 4.79 Å². The molecule has 0 atom stereocenters. The molecule has 8 heteroatoms. The van der Waals surface area contributed by atoms with Gasteiger partial charge in [-0.1, -0.05) is 0 Å². The summed E-state index contributed by atoms with van der Waals surface area (Å²) < 4.78 is 38.3. The van der Waals surface area contributed by atoms with Crippen molar-refractivity contribution >= 4 is 16.0 Å². The van der Waals surface area contributed by atoms with Crippen LogP contribution in [0.2, 0.25) is 0 Å². The third kappa shape index (κ3) is 3.40. The molecule has 7 nitrogen and oxygen atoms in total. The molecule has 3 rings (SSSR count). The van der Waals surface area contributed by atoms with E-state index in [2.05, 4.69) is 4.72 Å². The molecule has 1 aromatic rings. The van der Waals surface area contributed by atoms with Gasteiger partial charge in [-0.15, -0.1) is 0 Å². The summed E-state index contributed by atoms with van der Waals surface area (Å²) in [6, 6.07) is 4.75. The molecule has 1 aromatic carbocycles. The summed E-state index contributed by atoms with van der Waals surface area (Å²) in [6.45, 7) is 1.15. The number of hydrogen-bond donors (Lipinski definition) is 2. The molecule has 2 aliphatic rings. The van der Waals surface area contributed by atoms with Gasteiger partial charge in [0.1, 0.15) is 5.75 Å². The number of sulfonamides is 1. The van der Waals surface area contributed by atoms with Gasteiger partial charge >= 0.3 is 5.97 Å². The first-order valence-corrected chi connectivity index (χ1v) is 9.48. The van der Waals surface area contributed by atoms with Crippen molar-refractivity contribution in [3.05, 3.63) is 23.8 Å². The smallest absolute Gasteiger partial charge is 0.311 e. The molecule has 0 unspecified atom stereocenters. The van der Waals surface area contributed by atoms with E-state index in [1.165, 1.54) is 6.07 Å². The lowest BCUT2D eigenvalue weighted by Crippen LogP contribution is -2.46. The van der Waals surface area contributed by atoms with Gasteiger partial charge in [-0.2, -0.15) is 0 Å². The van der Waals surface area contributed by atoms with Gasteiger partial charge in [0.05, 0.1) is 16.9 Å². The molecule has 1 fully saturated rings. The number of hydrogen-bond acceptors (Lipinski definition) is 5. The zero-order chi connectivity index (χ0) is 17.2. The Morgan fingerprint density at radius 2 is 2.00 bits per heavy atom. The van der Waals surface area contributed by atoms with Crippen molar-refractivity contribution in [3.63, 3.8) is 0 Å². The van der Waals surface area contributed by atoms with Crippen molar-refractivity contribution in [1.82, 2.24) is 4.72 Å². The minimum absolute atomic E-state index is 0.137. The van der Waals surface area contributed by atoms with Crippen LogP contribution < -0.4 is 9.46 Å². The number of fused-ring (bicyclic) bond motifs is 1. The van der Waals surface area contributed by atoms with Crippen molar-refractivity contribution < 1.29 is 27.8 Å². The fourth-order valence-corrected chi connectivity index (χ4v) is 4.23. The van der Waals surface area contributed by atoms with Gasteiger partial charge in [0, 0.05) is 19.8 Å². The molecule has 0 spiro atoms. The highest BCUT2D eigenvalue weighted by atomic mass is 32.2. The van der Waals surface area contributed by atoms with E-state index in [0.29, 0.717) is 38.4 Å². The van der Waals surface area contributed by atoms with Crippen LogP contribution in [0.15, 0.2) is 23.1 Å². The molecule has 0 aromatic heterocycles. The number of carboxylic acid groups (broad SMARTS) is 1. The maximum absolute atomic E-state index is 12.5. The number of aliphatic carboxylic acids is 1. The standard InChI is InChI=1S/C16H21NO6S/c18-15(19)16(5-8-22-9-6-16)11-17-24(20,21)13-3-4-14-12(10-13)2-1-7-23-14/h3-4,10,17H,1-2,5-9,11H2,(H,18,19). The number of nitrogens with one attached hydrogen (secondary N) is 1. The van der Waals surface area contributed by atoms with Gasteiger partial charge < -0.3 is 14.6 Å². The van der Waals surface area contributed by atoms with Crippen molar-refractivity contribution in [2.75, 3.05) is 26.4 Å². The Hall–Kier alpha value is -1.64. The predicted molar refractivity (Wildman–Crippen MR) is 85.6 cm³/mol. The van der Waals surface area contributed by atoms with E-state index in [4.69, 9.17) is 9.47 Å². The zero-order valence-electron chi connectivity index (χ0n) is 13.3. The van der Waals surface area contributed by atoms with E-state index in [0.717, 1.165) is 18.4 Å². The molecule has 132 valence electrons. The highest BCUT2D eigenvalue weighted by Crippen LogP contribution is 2.31. The number of rotatable bonds is 5. The number of ether oxygens (including phenoxy) is 2. The minimum atomic E-state index is -3.77. The van der Waals surface area contributed by atoms with Crippen LogP contribution in [0.4, 0.5) is 0 Å². The summed E-state index contributed by atoms with van der Waals surface area (Å²) in [5.74, 6) is -0.279. The van der Waals surface area contributed by atoms with Gasteiger partial charge in [-0.25, -0.2) is 13.1 Å².